The van der Waals surface area contributed by atoms with Crippen LogP contribution >= 0.6 is 0 Å². The Morgan fingerprint density at radius 3 is 0.600 bits per heavy atom. The van der Waals surface area contributed by atoms with Gasteiger partial charge >= 0.3 is 24.4 Å². The monoisotopic (exact) mass is 392 g/mol. The molecule has 0 atom stereocenters. The first-order chi connectivity index (χ1) is 1.41. The largest absolute Gasteiger partial charge is 5.00 e. The molecule has 0 aromatic carbocycles. The summed E-state index contributed by atoms with van der Waals surface area (Å²) in [5.74, 6) is 0. The van der Waals surface area contributed by atoms with Crippen molar-refractivity contribution in [3.05, 3.63) is 0 Å². The maximum absolute atomic E-state index is 2.24. The fourth-order valence-electron chi connectivity index (χ4n) is 0. The molecule has 0 unspecified atom stereocenters. The van der Waals surface area contributed by atoms with Crippen molar-refractivity contribution in [2.24, 2.45) is 0 Å². The Bertz CT molecular complexity index is 15.7. The molecule has 0 saturated heterocycles. The van der Waals surface area contributed by atoms with E-state index >= 15 is 0 Å². The standard InChI is InChI=1S/C2H6I.6FH.Sb/c1-3-2;;;;;;;/h1-2H3;6*1H;/q+1;;;;;;;+5/p-6. The summed E-state index contributed by atoms with van der Waals surface area (Å²) in [6.07, 6.45) is 0. The van der Waals surface area contributed by atoms with Crippen molar-refractivity contribution >= 4 is 24.4 Å². The minimum atomic E-state index is 0. The summed E-state index contributed by atoms with van der Waals surface area (Å²) in [6.45, 7) is 0. The first-order valence-corrected chi connectivity index (χ1v) is 5.07. The van der Waals surface area contributed by atoms with Crippen LogP contribution in [0.2, 0.25) is 0 Å². The van der Waals surface area contributed by atoms with E-state index in [2.05, 4.69) is 9.86 Å². The van der Waals surface area contributed by atoms with Crippen molar-refractivity contribution in [2.45, 2.75) is 0 Å². The van der Waals surface area contributed by atoms with Gasteiger partial charge in [-0.2, -0.15) is 0 Å². The van der Waals surface area contributed by atoms with E-state index in [0.29, 0.717) is 21.2 Å². The quantitative estimate of drug-likeness (QED) is 0.166. The normalized spacial score (nSPS) is 1.80. The van der Waals surface area contributed by atoms with Crippen molar-refractivity contribution in [1.82, 2.24) is 0 Å². The van der Waals surface area contributed by atoms with Gasteiger partial charge in [0.1, 0.15) is 9.86 Å². The average molecular weight is 393 g/mol. The Labute approximate surface area is 83.4 Å². The van der Waals surface area contributed by atoms with E-state index in [1.54, 1.807) is 0 Å². The van der Waals surface area contributed by atoms with E-state index in [1.807, 2.05) is 0 Å². The Morgan fingerprint density at radius 2 is 0.600 bits per heavy atom. The molecule has 0 heterocycles. The predicted octanol–water partition coefficient (Wildman–Crippen LogP) is -21.0. The van der Waals surface area contributed by atoms with Crippen molar-refractivity contribution in [3.8, 4) is 0 Å². The van der Waals surface area contributed by atoms with Crippen LogP contribution in [-0.4, -0.2) is 34.3 Å². The summed E-state index contributed by atoms with van der Waals surface area (Å²) < 4.78 is 0. The Hall–Kier alpha value is 1.13. The van der Waals surface area contributed by atoms with Crippen molar-refractivity contribution in [2.75, 3.05) is 9.86 Å². The van der Waals surface area contributed by atoms with Gasteiger partial charge in [0.2, 0.25) is 0 Å². The van der Waals surface area contributed by atoms with Crippen LogP contribution in [0.15, 0.2) is 0 Å². The van der Waals surface area contributed by atoms with Crippen LogP contribution in [0.4, 0.5) is 0 Å². The van der Waals surface area contributed by atoms with Gasteiger partial charge in [0.15, 0.2) is 0 Å². The summed E-state index contributed by atoms with van der Waals surface area (Å²) >= 11 is 0.590. The van der Waals surface area contributed by atoms with Crippen LogP contribution in [0.3, 0.4) is 0 Å². The topological polar surface area (TPSA) is 0 Å². The summed E-state index contributed by atoms with van der Waals surface area (Å²) in [5.41, 5.74) is 0. The Morgan fingerprint density at radius 1 is 0.600 bits per heavy atom. The third-order valence-electron chi connectivity index (χ3n) is 0. The zero-order chi connectivity index (χ0) is 2.71. The molecule has 0 aromatic heterocycles. The van der Waals surface area contributed by atoms with Crippen LogP contribution in [-0.2, 0) is 0 Å². The molecular formula is C2H6F6ISb. The molecule has 0 fully saturated rings. The third-order valence-corrected chi connectivity index (χ3v) is 0. The fraction of sp³-hybridized carbons (Fsp3) is 1.00. The van der Waals surface area contributed by atoms with Gasteiger partial charge in [-0.25, -0.2) is 0 Å². The first-order valence-electron chi connectivity index (χ1n) is 0.756. The Balaban J connectivity index is -0.000000000952. The van der Waals surface area contributed by atoms with E-state index in [9.17, 15) is 0 Å². The van der Waals surface area contributed by atoms with Crippen LogP contribution in [0, 0.1) is 0 Å². The van der Waals surface area contributed by atoms with Crippen molar-refractivity contribution in [3.63, 3.8) is 0 Å². The zero-order valence-electron chi connectivity index (χ0n) is 5.09. The summed E-state index contributed by atoms with van der Waals surface area (Å²) in [5, 5.41) is 0. The number of halogens is 7. The number of alkyl halides is 2. The molecule has 0 radical (unpaired) electrons. The van der Waals surface area contributed by atoms with Crippen molar-refractivity contribution < 1.29 is 49.4 Å². The average Bonchev–Trinajstić information content (AvgIpc) is 0.918. The second-order valence-electron chi connectivity index (χ2n) is 0.378. The third kappa shape index (κ3) is 474. The smallest absolute Gasteiger partial charge is 1.00 e. The maximum Gasteiger partial charge on any atom is 5.00 e. The SMILES string of the molecule is C[I+]C.[F-].[F-].[F-].[F-].[F-].[F-].[Sb+5]. The number of rotatable bonds is 0. The molecule has 0 amide bonds. The molecule has 0 spiro atoms. The minimum Gasteiger partial charge on any atom is -1.00 e. The summed E-state index contributed by atoms with van der Waals surface area (Å²) in [6, 6.07) is 0. The molecule has 0 rings (SSSR count). The van der Waals surface area contributed by atoms with Crippen LogP contribution < -0.4 is 49.4 Å². The molecule has 0 aliphatic heterocycles. The van der Waals surface area contributed by atoms with Gasteiger partial charge in [0.25, 0.3) is 21.2 Å². The van der Waals surface area contributed by atoms with E-state index in [0.717, 1.165) is 0 Å². The first kappa shape index (κ1) is 117. The van der Waals surface area contributed by atoms with Gasteiger partial charge in [-0.3, -0.25) is 0 Å². The molecule has 0 aliphatic carbocycles. The maximum atomic E-state index is 2.24. The van der Waals surface area contributed by atoms with Crippen LogP contribution in [0.25, 0.3) is 0 Å². The zero-order valence-corrected chi connectivity index (χ0v) is 9.80. The van der Waals surface area contributed by atoms with Crippen LogP contribution in [0.1, 0.15) is 0 Å². The van der Waals surface area contributed by atoms with Gasteiger partial charge in [-0.15, -0.1) is 0 Å². The molecule has 10 heavy (non-hydrogen) atoms. The predicted molar refractivity (Wildman–Crippen MR) is 17.6 cm³/mol. The number of hydrogen-bond donors (Lipinski definition) is 0. The van der Waals surface area contributed by atoms with Gasteiger partial charge in [-0.1, -0.05) is 0 Å². The molecule has 68 valence electrons. The van der Waals surface area contributed by atoms with E-state index < -0.39 is 0 Å². The van der Waals surface area contributed by atoms with Gasteiger partial charge < -0.3 is 28.2 Å². The van der Waals surface area contributed by atoms with Gasteiger partial charge in [0, 0.05) is 0 Å². The van der Waals surface area contributed by atoms with Crippen molar-refractivity contribution in [1.29, 1.82) is 0 Å². The van der Waals surface area contributed by atoms with E-state index in [1.165, 1.54) is 0 Å². The minimum absolute atomic E-state index is 0. The second-order valence-corrected chi connectivity index (χ2v) is 2.54. The van der Waals surface area contributed by atoms with Gasteiger partial charge in [0.05, 0.1) is 0 Å². The molecular weight excluding hydrogens is 387 g/mol. The molecule has 0 bridgehead atoms. The molecule has 8 heteroatoms. The molecule has 0 nitrogen and oxygen atoms in total. The summed E-state index contributed by atoms with van der Waals surface area (Å²) in [4.78, 5) is 4.47. The summed E-state index contributed by atoms with van der Waals surface area (Å²) in [7, 11) is 0. The number of hydrogen-bond acceptors (Lipinski definition) is 0. The molecule has 0 saturated carbocycles. The molecule has 0 aromatic rings. The van der Waals surface area contributed by atoms with E-state index in [4.69, 9.17) is 0 Å². The Kier molecular flexibility index (Phi) is 2170. The molecule has 0 aliphatic rings. The van der Waals surface area contributed by atoms with Gasteiger partial charge in [-0.05, 0) is 0 Å². The second kappa shape index (κ2) is 186. The van der Waals surface area contributed by atoms with Crippen LogP contribution in [0.5, 0.6) is 0 Å². The van der Waals surface area contributed by atoms with E-state index in [-0.39, 0.29) is 52.7 Å². The molecule has 0 N–H and O–H groups in total. The fourth-order valence-corrected chi connectivity index (χ4v) is 0.